The molecule has 0 atom stereocenters. The molecule has 0 saturated carbocycles. The van der Waals surface area contributed by atoms with E-state index < -0.39 is 0 Å². The topological polar surface area (TPSA) is 9.86 Å². The van der Waals surface area contributed by atoms with Crippen LogP contribution >= 0.6 is 11.3 Å². The number of hydrogen-bond donors (Lipinski definition) is 0. The molecule has 0 saturated heterocycles. The van der Waals surface area contributed by atoms with Crippen LogP contribution in [0.1, 0.15) is 0 Å². The molecule has 0 spiro atoms. The van der Waals surface area contributed by atoms with Gasteiger partial charge in [-0.05, 0) is 112 Å². The van der Waals surface area contributed by atoms with Crippen LogP contribution in [0.15, 0.2) is 194 Å². The zero-order valence-electron chi connectivity index (χ0n) is 29.8. The highest BCUT2D eigenvalue weighted by atomic mass is 32.1. The van der Waals surface area contributed by atoms with Crippen molar-refractivity contribution in [2.45, 2.75) is 0 Å². The van der Waals surface area contributed by atoms with Crippen LogP contribution in [0, 0.1) is 0 Å². The molecule has 0 aliphatic heterocycles. The molecule has 0 aliphatic rings. The van der Waals surface area contributed by atoms with Gasteiger partial charge in [-0.25, -0.2) is 0 Å². The Balaban J connectivity index is 1.03. The second-order valence-electron chi connectivity index (χ2n) is 14.5. The van der Waals surface area contributed by atoms with E-state index in [1.807, 2.05) is 11.3 Å². The first kappa shape index (κ1) is 30.5. The minimum absolute atomic E-state index is 1.16. The highest BCUT2D eigenvalue weighted by Crippen LogP contribution is 2.41. The van der Waals surface area contributed by atoms with E-state index in [9.17, 15) is 0 Å². The predicted molar refractivity (Wildman–Crippen MR) is 236 cm³/mol. The Morgan fingerprint density at radius 2 is 0.855 bits per heavy atom. The SMILES string of the molecule is c1ccc(-n2c3ccc(-c4ccc5c(c4)c4ccccc4n5-c4cccc(-c5ccc6sc7ccccc7c6c5)c4)cc3c3c4ccccc4ccc32)cc1. The summed E-state index contributed by atoms with van der Waals surface area (Å²) in [6.07, 6.45) is 0. The molecule has 2 nitrogen and oxygen atoms in total. The summed E-state index contributed by atoms with van der Waals surface area (Å²) in [5.74, 6) is 0. The first-order valence-electron chi connectivity index (χ1n) is 18.8. The smallest absolute Gasteiger partial charge is 0.0547 e. The van der Waals surface area contributed by atoms with Crippen molar-refractivity contribution >= 4 is 85.9 Å². The number of aromatic nitrogens is 2. The van der Waals surface area contributed by atoms with Crippen molar-refractivity contribution in [3.05, 3.63) is 194 Å². The molecule has 0 amide bonds. The molecule has 0 aliphatic carbocycles. The van der Waals surface area contributed by atoms with Crippen molar-refractivity contribution in [3.8, 4) is 33.6 Å². The van der Waals surface area contributed by atoms with Crippen LogP contribution in [0.2, 0.25) is 0 Å². The molecule has 12 aromatic rings. The molecule has 256 valence electrons. The van der Waals surface area contributed by atoms with E-state index >= 15 is 0 Å². The fourth-order valence-corrected chi connectivity index (χ4v) is 10.1. The van der Waals surface area contributed by atoms with Crippen LogP contribution in [-0.2, 0) is 0 Å². The number of nitrogens with zero attached hydrogens (tertiary/aromatic N) is 2. The number of fused-ring (bicyclic) bond motifs is 11. The zero-order valence-corrected chi connectivity index (χ0v) is 30.6. The van der Waals surface area contributed by atoms with Gasteiger partial charge in [0, 0.05) is 53.1 Å². The Kier molecular flexibility index (Phi) is 6.54. The number of hydrogen-bond acceptors (Lipinski definition) is 1. The first-order valence-corrected chi connectivity index (χ1v) is 19.7. The minimum Gasteiger partial charge on any atom is -0.309 e. The molecule has 0 bridgehead atoms. The summed E-state index contributed by atoms with van der Waals surface area (Å²) < 4.78 is 7.50. The summed E-state index contributed by atoms with van der Waals surface area (Å²) >= 11 is 1.86. The lowest BCUT2D eigenvalue weighted by Gasteiger charge is -2.11. The van der Waals surface area contributed by atoms with Crippen LogP contribution in [-0.4, -0.2) is 9.13 Å². The van der Waals surface area contributed by atoms with Gasteiger partial charge in [-0.15, -0.1) is 11.3 Å². The van der Waals surface area contributed by atoms with Crippen LogP contribution < -0.4 is 0 Å². The summed E-state index contributed by atoms with van der Waals surface area (Å²) in [4.78, 5) is 0. The number of benzene rings is 9. The van der Waals surface area contributed by atoms with E-state index in [1.165, 1.54) is 102 Å². The molecule has 0 fully saturated rings. The minimum atomic E-state index is 1.16. The van der Waals surface area contributed by atoms with Crippen molar-refractivity contribution < 1.29 is 0 Å². The van der Waals surface area contributed by atoms with Gasteiger partial charge in [0.15, 0.2) is 0 Å². The van der Waals surface area contributed by atoms with E-state index in [-0.39, 0.29) is 0 Å². The molecule has 3 heterocycles. The van der Waals surface area contributed by atoms with Crippen LogP contribution in [0.4, 0.5) is 0 Å². The summed E-state index contributed by atoms with van der Waals surface area (Å²) in [7, 11) is 0. The van der Waals surface area contributed by atoms with Gasteiger partial charge in [0.1, 0.15) is 0 Å². The Bertz CT molecular complexity index is 3490. The molecule has 3 aromatic heterocycles. The Labute approximate surface area is 321 Å². The van der Waals surface area contributed by atoms with Crippen molar-refractivity contribution in [1.82, 2.24) is 9.13 Å². The Morgan fingerprint density at radius 1 is 0.291 bits per heavy atom. The van der Waals surface area contributed by atoms with Crippen molar-refractivity contribution in [2.24, 2.45) is 0 Å². The highest BCUT2D eigenvalue weighted by Gasteiger charge is 2.18. The van der Waals surface area contributed by atoms with Crippen molar-refractivity contribution in [3.63, 3.8) is 0 Å². The monoisotopic (exact) mass is 716 g/mol. The normalized spacial score (nSPS) is 12.0. The van der Waals surface area contributed by atoms with Gasteiger partial charge in [-0.2, -0.15) is 0 Å². The van der Waals surface area contributed by atoms with Crippen LogP contribution in [0.3, 0.4) is 0 Å². The lowest BCUT2D eigenvalue weighted by molar-refractivity contribution is 1.18. The maximum atomic E-state index is 2.43. The quantitative estimate of drug-likeness (QED) is 0.172. The van der Waals surface area contributed by atoms with Gasteiger partial charge in [0.05, 0.1) is 22.1 Å². The second-order valence-corrected chi connectivity index (χ2v) is 15.6. The van der Waals surface area contributed by atoms with E-state index in [0.29, 0.717) is 0 Å². The average molecular weight is 717 g/mol. The third kappa shape index (κ3) is 4.60. The lowest BCUT2D eigenvalue weighted by atomic mass is 9.99. The van der Waals surface area contributed by atoms with Crippen LogP contribution in [0.25, 0.3) is 108 Å². The van der Waals surface area contributed by atoms with Gasteiger partial charge >= 0.3 is 0 Å². The van der Waals surface area contributed by atoms with Crippen molar-refractivity contribution in [1.29, 1.82) is 0 Å². The van der Waals surface area contributed by atoms with Gasteiger partial charge in [0.25, 0.3) is 0 Å². The van der Waals surface area contributed by atoms with Gasteiger partial charge in [0.2, 0.25) is 0 Å². The summed E-state index contributed by atoms with van der Waals surface area (Å²) in [5, 5.41) is 10.2. The number of rotatable bonds is 4. The Morgan fingerprint density at radius 3 is 1.71 bits per heavy atom. The van der Waals surface area contributed by atoms with E-state index in [0.717, 1.165) is 5.69 Å². The fraction of sp³-hybridized carbons (Fsp3) is 0. The number of para-hydroxylation sites is 2. The predicted octanol–water partition coefficient (Wildman–Crippen LogP) is 14.7. The molecule has 0 unspecified atom stereocenters. The molecule has 3 heteroatoms. The third-order valence-electron chi connectivity index (χ3n) is 11.5. The molecular weight excluding hydrogens is 685 g/mol. The zero-order chi connectivity index (χ0) is 36.0. The third-order valence-corrected chi connectivity index (χ3v) is 12.6. The molecule has 0 radical (unpaired) electrons. The molecule has 55 heavy (non-hydrogen) atoms. The lowest BCUT2D eigenvalue weighted by Crippen LogP contribution is -1.94. The molecular formula is C52H32N2S. The van der Waals surface area contributed by atoms with Gasteiger partial charge < -0.3 is 9.13 Å². The van der Waals surface area contributed by atoms with Gasteiger partial charge in [-0.3, -0.25) is 0 Å². The number of thiophene rings is 1. The summed E-state index contributed by atoms with van der Waals surface area (Å²) in [5.41, 5.74) is 12.1. The largest absolute Gasteiger partial charge is 0.309 e. The second kappa shape index (κ2) is 11.8. The fourth-order valence-electron chi connectivity index (χ4n) is 8.99. The van der Waals surface area contributed by atoms with E-state index in [2.05, 4.69) is 203 Å². The molecule has 0 N–H and O–H groups in total. The summed E-state index contributed by atoms with van der Waals surface area (Å²) in [6, 6.07) is 71.5. The van der Waals surface area contributed by atoms with Crippen LogP contribution in [0.5, 0.6) is 0 Å². The maximum Gasteiger partial charge on any atom is 0.0547 e. The summed E-state index contributed by atoms with van der Waals surface area (Å²) in [6.45, 7) is 0. The molecule has 9 aromatic carbocycles. The van der Waals surface area contributed by atoms with Crippen molar-refractivity contribution in [2.75, 3.05) is 0 Å². The van der Waals surface area contributed by atoms with E-state index in [4.69, 9.17) is 0 Å². The maximum absolute atomic E-state index is 2.43. The van der Waals surface area contributed by atoms with Gasteiger partial charge in [-0.1, -0.05) is 115 Å². The first-order chi connectivity index (χ1) is 27.3. The van der Waals surface area contributed by atoms with E-state index in [1.54, 1.807) is 0 Å². The highest BCUT2D eigenvalue weighted by molar-refractivity contribution is 7.25. The Hall–Kier alpha value is -6.94. The molecule has 12 rings (SSSR count). The standard InChI is InChI=1S/C52H32N2S/c1-2-13-38(14-3-1)53-48-26-23-36(32-45(48)52-40-16-5-4-11-33(40)21-27-49(52)53)35-22-25-47-43(30-35)41-17-6-8-19-46(41)54(47)39-15-10-12-34(29-39)37-24-28-51-44(31-37)42-18-7-9-20-50(42)55-51/h1-32H. The average Bonchev–Trinajstić information content (AvgIpc) is 3.91.